The first-order valence-corrected chi connectivity index (χ1v) is 7.63. The lowest BCUT2D eigenvalue weighted by Gasteiger charge is -2.12. The lowest BCUT2D eigenvalue weighted by molar-refractivity contribution is 1.10. The van der Waals surface area contributed by atoms with Crippen LogP contribution in [0.3, 0.4) is 0 Å². The fourth-order valence-corrected chi connectivity index (χ4v) is 2.37. The van der Waals surface area contributed by atoms with Gasteiger partial charge in [0.2, 0.25) is 5.95 Å². The van der Waals surface area contributed by atoms with Crippen LogP contribution in [0, 0.1) is 20.8 Å². The minimum atomic E-state index is 0. The van der Waals surface area contributed by atoms with Crippen LogP contribution in [0.5, 0.6) is 0 Å². The van der Waals surface area contributed by atoms with Gasteiger partial charge in [0.15, 0.2) is 0 Å². The van der Waals surface area contributed by atoms with Crippen molar-refractivity contribution in [2.24, 2.45) is 0 Å². The maximum Gasteiger partial charge on any atom is 0.229 e. The predicted molar refractivity (Wildman–Crippen MR) is 103 cm³/mol. The number of anilines is 4. The van der Waals surface area contributed by atoms with Crippen molar-refractivity contribution in [2.75, 3.05) is 10.6 Å². The van der Waals surface area contributed by atoms with Crippen LogP contribution in [0.25, 0.3) is 0 Å². The second kappa shape index (κ2) is 7.79. The summed E-state index contributed by atoms with van der Waals surface area (Å²) in [4.78, 5) is 9.05. The summed E-state index contributed by atoms with van der Waals surface area (Å²) in [6.45, 7) is 6.10. The molecule has 3 aromatic rings. The number of aryl methyl sites for hydroxylation is 3. The molecule has 0 aliphatic rings. The molecule has 0 bridgehead atoms. The zero-order chi connectivity index (χ0) is 16.2. The topological polar surface area (TPSA) is 49.8 Å². The third-order valence-electron chi connectivity index (χ3n) is 3.65. The molecule has 0 amide bonds. The molecule has 24 heavy (non-hydrogen) atoms. The lowest BCUT2D eigenvalue weighted by atomic mass is 10.2. The summed E-state index contributed by atoms with van der Waals surface area (Å²) >= 11 is 0. The van der Waals surface area contributed by atoms with E-state index in [0.29, 0.717) is 5.95 Å². The molecule has 124 valence electrons. The second-order valence-corrected chi connectivity index (χ2v) is 5.60. The maximum atomic E-state index is 4.57. The Morgan fingerprint density at radius 3 is 1.83 bits per heavy atom. The van der Waals surface area contributed by atoms with E-state index in [2.05, 4.69) is 46.6 Å². The standard InChI is InChI=1S/C19H20N4.ClH/c1-13-8-4-6-10-16(13)21-18-12-15(3)20-19(23-18)22-17-11-7-5-9-14(17)2;/h4-12H,1-3H3,(H2,20,21,22,23);1H. The summed E-state index contributed by atoms with van der Waals surface area (Å²) in [6.07, 6.45) is 0. The van der Waals surface area contributed by atoms with E-state index in [9.17, 15) is 0 Å². The fourth-order valence-electron chi connectivity index (χ4n) is 2.37. The highest BCUT2D eigenvalue weighted by Crippen LogP contribution is 2.22. The van der Waals surface area contributed by atoms with Crippen molar-refractivity contribution in [3.05, 3.63) is 71.4 Å². The van der Waals surface area contributed by atoms with Gasteiger partial charge >= 0.3 is 0 Å². The third-order valence-corrected chi connectivity index (χ3v) is 3.65. The molecular formula is C19H21ClN4. The van der Waals surface area contributed by atoms with Crippen LogP contribution in [-0.2, 0) is 0 Å². The van der Waals surface area contributed by atoms with Crippen LogP contribution >= 0.6 is 12.4 Å². The summed E-state index contributed by atoms with van der Waals surface area (Å²) in [5.74, 6) is 1.37. The molecule has 1 heterocycles. The first-order valence-electron chi connectivity index (χ1n) is 7.63. The highest BCUT2D eigenvalue weighted by Gasteiger charge is 2.05. The summed E-state index contributed by atoms with van der Waals surface area (Å²) in [5, 5.41) is 6.65. The van der Waals surface area contributed by atoms with Gasteiger partial charge in [-0.2, -0.15) is 4.98 Å². The van der Waals surface area contributed by atoms with E-state index >= 15 is 0 Å². The second-order valence-electron chi connectivity index (χ2n) is 5.60. The van der Waals surface area contributed by atoms with Crippen LogP contribution in [0.1, 0.15) is 16.8 Å². The molecule has 0 atom stereocenters. The summed E-state index contributed by atoms with van der Waals surface area (Å²) < 4.78 is 0. The smallest absolute Gasteiger partial charge is 0.229 e. The number of hydrogen-bond acceptors (Lipinski definition) is 4. The SMILES string of the molecule is Cc1cc(Nc2ccccc2C)nc(Nc2ccccc2C)n1.Cl. The van der Waals surface area contributed by atoms with Crippen LogP contribution in [0.4, 0.5) is 23.1 Å². The predicted octanol–water partition coefficient (Wildman–Crippen LogP) is 5.31. The zero-order valence-electron chi connectivity index (χ0n) is 14.0. The number of hydrogen-bond donors (Lipinski definition) is 2. The van der Waals surface area contributed by atoms with Crippen molar-refractivity contribution < 1.29 is 0 Å². The van der Waals surface area contributed by atoms with E-state index in [0.717, 1.165) is 28.5 Å². The molecule has 0 aliphatic carbocycles. The summed E-state index contributed by atoms with van der Waals surface area (Å²) in [5.41, 5.74) is 5.31. The number of nitrogens with zero attached hydrogens (tertiary/aromatic N) is 2. The molecule has 2 N–H and O–H groups in total. The number of benzene rings is 2. The number of aromatic nitrogens is 2. The Morgan fingerprint density at radius 2 is 1.25 bits per heavy atom. The largest absolute Gasteiger partial charge is 0.340 e. The van der Waals surface area contributed by atoms with Gasteiger partial charge in [-0.05, 0) is 44.0 Å². The Kier molecular flexibility index (Phi) is 5.77. The van der Waals surface area contributed by atoms with E-state index in [1.807, 2.05) is 49.4 Å². The van der Waals surface area contributed by atoms with Gasteiger partial charge in [0.25, 0.3) is 0 Å². The van der Waals surface area contributed by atoms with Crippen LogP contribution in [0.15, 0.2) is 54.6 Å². The Bertz CT molecular complexity index is 767. The van der Waals surface area contributed by atoms with Crippen molar-refractivity contribution in [3.63, 3.8) is 0 Å². The van der Waals surface area contributed by atoms with Gasteiger partial charge in [-0.15, -0.1) is 12.4 Å². The number of nitrogens with one attached hydrogen (secondary N) is 2. The summed E-state index contributed by atoms with van der Waals surface area (Å²) in [6, 6.07) is 18.2. The molecule has 0 unspecified atom stereocenters. The van der Waals surface area contributed by atoms with E-state index in [1.54, 1.807) is 0 Å². The molecule has 4 nitrogen and oxygen atoms in total. The van der Waals surface area contributed by atoms with Gasteiger partial charge in [0, 0.05) is 23.1 Å². The van der Waals surface area contributed by atoms with Crippen molar-refractivity contribution in [1.82, 2.24) is 9.97 Å². The van der Waals surface area contributed by atoms with E-state index in [-0.39, 0.29) is 12.4 Å². The molecule has 5 heteroatoms. The normalized spacial score (nSPS) is 9.96. The van der Waals surface area contributed by atoms with Crippen LogP contribution in [0.2, 0.25) is 0 Å². The van der Waals surface area contributed by atoms with Crippen molar-refractivity contribution in [3.8, 4) is 0 Å². The average molecular weight is 341 g/mol. The van der Waals surface area contributed by atoms with E-state index in [4.69, 9.17) is 0 Å². The molecule has 0 saturated heterocycles. The average Bonchev–Trinajstić information content (AvgIpc) is 2.51. The van der Waals surface area contributed by atoms with Gasteiger partial charge in [0.1, 0.15) is 5.82 Å². The molecule has 0 aliphatic heterocycles. The highest BCUT2D eigenvalue weighted by molar-refractivity contribution is 5.85. The van der Waals surface area contributed by atoms with Gasteiger partial charge in [-0.25, -0.2) is 4.98 Å². The molecule has 0 saturated carbocycles. The quantitative estimate of drug-likeness (QED) is 0.675. The molecule has 3 rings (SSSR count). The Morgan fingerprint density at radius 1 is 0.708 bits per heavy atom. The molecule has 1 aromatic heterocycles. The van der Waals surface area contributed by atoms with Crippen LogP contribution in [-0.4, -0.2) is 9.97 Å². The maximum absolute atomic E-state index is 4.57. The van der Waals surface area contributed by atoms with Gasteiger partial charge < -0.3 is 10.6 Å². The monoisotopic (exact) mass is 340 g/mol. The fraction of sp³-hybridized carbons (Fsp3) is 0.158. The van der Waals surface area contributed by atoms with Gasteiger partial charge in [-0.3, -0.25) is 0 Å². The van der Waals surface area contributed by atoms with Crippen molar-refractivity contribution in [1.29, 1.82) is 0 Å². The van der Waals surface area contributed by atoms with Crippen LogP contribution < -0.4 is 10.6 Å². The zero-order valence-corrected chi connectivity index (χ0v) is 14.8. The minimum Gasteiger partial charge on any atom is -0.340 e. The van der Waals surface area contributed by atoms with Gasteiger partial charge in [-0.1, -0.05) is 36.4 Å². The van der Waals surface area contributed by atoms with Crippen molar-refractivity contribution >= 4 is 35.5 Å². The first-order chi connectivity index (χ1) is 11.1. The summed E-state index contributed by atoms with van der Waals surface area (Å²) in [7, 11) is 0. The Balaban J connectivity index is 0.00000208. The van der Waals surface area contributed by atoms with E-state index < -0.39 is 0 Å². The van der Waals surface area contributed by atoms with Gasteiger partial charge in [0.05, 0.1) is 0 Å². The third kappa shape index (κ3) is 4.24. The highest BCUT2D eigenvalue weighted by atomic mass is 35.5. The molecule has 2 aromatic carbocycles. The Hall–Kier alpha value is -2.59. The van der Waals surface area contributed by atoms with E-state index in [1.165, 1.54) is 5.56 Å². The molecule has 0 radical (unpaired) electrons. The number of halogens is 1. The first kappa shape index (κ1) is 17.8. The number of rotatable bonds is 4. The van der Waals surface area contributed by atoms with Crippen molar-refractivity contribution in [2.45, 2.75) is 20.8 Å². The lowest BCUT2D eigenvalue weighted by Crippen LogP contribution is -2.03. The molecule has 0 spiro atoms. The Labute approximate surface area is 148 Å². The molecule has 0 fully saturated rings. The minimum absolute atomic E-state index is 0. The molecular weight excluding hydrogens is 320 g/mol. The number of para-hydroxylation sites is 2.